The fourth-order valence-electron chi connectivity index (χ4n) is 9.64. The molecule has 0 aromatic heterocycles. The van der Waals surface area contributed by atoms with Gasteiger partial charge in [0.05, 0.1) is 0 Å². The van der Waals surface area contributed by atoms with Crippen LogP contribution in [0.5, 0.6) is 0 Å². The Balaban J connectivity index is 4.29. The van der Waals surface area contributed by atoms with Crippen LogP contribution in [0.15, 0.2) is 109 Å². The van der Waals surface area contributed by atoms with Crippen LogP contribution < -0.4 is 0 Å². The Morgan fingerprint density at radius 3 is 0.840 bits per heavy atom. The van der Waals surface area contributed by atoms with Crippen molar-refractivity contribution in [3.05, 3.63) is 109 Å². The second-order valence-electron chi connectivity index (χ2n) is 22.7. The van der Waals surface area contributed by atoms with Gasteiger partial charge in [-0.2, -0.15) is 0 Å². The normalized spacial score (nSPS) is 12.8. The average Bonchev–Trinajstić information content (AvgIpc) is 3.47. The maximum Gasteiger partial charge on any atom is 0.306 e. The molecule has 81 heavy (non-hydrogen) atoms. The monoisotopic (exact) mass is 1120 g/mol. The van der Waals surface area contributed by atoms with Gasteiger partial charge in [-0.3, -0.25) is 14.4 Å². The lowest BCUT2D eigenvalue weighted by Gasteiger charge is -2.18. The predicted octanol–water partition coefficient (Wildman–Crippen LogP) is 23.8. The number of hydrogen-bond acceptors (Lipinski definition) is 6. The quantitative estimate of drug-likeness (QED) is 0.0261. The predicted molar refractivity (Wildman–Crippen MR) is 353 cm³/mol. The van der Waals surface area contributed by atoms with E-state index in [1.54, 1.807) is 0 Å². The molecule has 0 rings (SSSR count). The van der Waals surface area contributed by atoms with Crippen LogP contribution in [0, 0.1) is 0 Å². The van der Waals surface area contributed by atoms with E-state index in [0.717, 1.165) is 128 Å². The lowest BCUT2D eigenvalue weighted by Crippen LogP contribution is -2.30. The third kappa shape index (κ3) is 66.8. The summed E-state index contributed by atoms with van der Waals surface area (Å²) in [5.74, 6) is -0.940. The minimum Gasteiger partial charge on any atom is -0.462 e. The van der Waals surface area contributed by atoms with Gasteiger partial charge in [-0.1, -0.05) is 316 Å². The van der Waals surface area contributed by atoms with E-state index in [1.165, 1.54) is 161 Å². The molecule has 6 nitrogen and oxygen atoms in total. The highest BCUT2D eigenvalue weighted by molar-refractivity contribution is 5.71. The highest BCUT2D eigenvalue weighted by atomic mass is 16.6. The Hall–Kier alpha value is -3.93. The zero-order valence-corrected chi connectivity index (χ0v) is 53.3. The Kier molecular flexibility index (Phi) is 65.2. The van der Waals surface area contributed by atoms with Gasteiger partial charge in [0.25, 0.3) is 0 Å². The lowest BCUT2D eigenvalue weighted by molar-refractivity contribution is -0.167. The van der Waals surface area contributed by atoms with E-state index in [-0.39, 0.29) is 31.1 Å². The molecule has 0 saturated carbocycles. The maximum atomic E-state index is 12.9. The number of carbonyl (C=O) groups excluding carboxylic acids is 3. The first kappa shape index (κ1) is 77.1. The van der Waals surface area contributed by atoms with Gasteiger partial charge >= 0.3 is 17.9 Å². The van der Waals surface area contributed by atoms with Gasteiger partial charge in [0, 0.05) is 19.3 Å². The molecule has 0 N–H and O–H groups in total. The Labute approximate surface area is 501 Å². The summed E-state index contributed by atoms with van der Waals surface area (Å²) in [4.78, 5) is 38.3. The van der Waals surface area contributed by atoms with Crippen LogP contribution in [-0.2, 0) is 28.6 Å². The summed E-state index contributed by atoms with van der Waals surface area (Å²) in [6, 6.07) is 0. The summed E-state index contributed by atoms with van der Waals surface area (Å²) >= 11 is 0. The van der Waals surface area contributed by atoms with Gasteiger partial charge in [-0.15, -0.1) is 0 Å². The number of rotatable bonds is 62. The molecule has 0 aromatic rings. The first-order chi connectivity index (χ1) is 40.0. The fraction of sp³-hybridized carbons (Fsp3) is 0.720. The minimum absolute atomic E-state index is 0.0952. The lowest BCUT2D eigenvalue weighted by atomic mass is 10.0. The maximum absolute atomic E-state index is 12.9. The third-order valence-electron chi connectivity index (χ3n) is 14.7. The Bertz CT molecular complexity index is 1620. The van der Waals surface area contributed by atoms with Crippen molar-refractivity contribution >= 4 is 17.9 Å². The first-order valence-electron chi connectivity index (χ1n) is 34.4. The number of allylic oxidation sites excluding steroid dienone is 18. The topological polar surface area (TPSA) is 78.9 Å². The van der Waals surface area contributed by atoms with Crippen LogP contribution in [0.3, 0.4) is 0 Å². The molecule has 0 aliphatic rings. The van der Waals surface area contributed by atoms with E-state index in [9.17, 15) is 14.4 Å². The highest BCUT2D eigenvalue weighted by Crippen LogP contribution is 2.17. The van der Waals surface area contributed by atoms with E-state index >= 15 is 0 Å². The van der Waals surface area contributed by atoms with E-state index in [0.29, 0.717) is 19.3 Å². The molecule has 0 amide bonds. The fourth-order valence-corrected chi connectivity index (χ4v) is 9.64. The molecule has 0 bridgehead atoms. The second kappa shape index (κ2) is 68.6. The zero-order valence-electron chi connectivity index (χ0n) is 53.3. The minimum atomic E-state index is -0.800. The zero-order chi connectivity index (χ0) is 58.5. The number of esters is 3. The van der Waals surface area contributed by atoms with E-state index in [2.05, 4.69) is 130 Å². The molecule has 0 aromatic carbocycles. The van der Waals surface area contributed by atoms with Crippen molar-refractivity contribution in [2.75, 3.05) is 13.2 Å². The molecule has 0 saturated heterocycles. The summed E-state index contributed by atoms with van der Waals surface area (Å²) in [5.41, 5.74) is 0. The number of ether oxygens (including phenoxy) is 3. The molecule has 0 aliphatic heterocycles. The highest BCUT2D eigenvalue weighted by Gasteiger charge is 2.19. The summed E-state index contributed by atoms with van der Waals surface area (Å²) in [7, 11) is 0. The molecule has 0 heterocycles. The Morgan fingerprint density at radius 1 is 0.259 bits per heavy atom. The van der Waals surface area contributed by atoms with Gasteiger partial charge in [-0.05, 0) is 103 Å². The molecular formula is C75H128O6. The number of hydrogen-bond donors (Lipinski definition) is 0. The van der Waals surface area contributed by atoms with Gasteiger partial charge in [-0.25, -0.2) is 0 Å². The number of carbonyl (C=O) groups is 3. The van der Waals surface area contributed by atoms with E-state index in [1.807, 2.05) is 0 Å². The van der Waals surface area contributed by atoms with Crippen molar-refractivity contribution in [1.29, 1.82) is 0 Å². The SMILES string of the molecule is CC/C=C\C/C=C\C/C=C\C/C=C\C/C=C\C/C=C\C/C=C\C/C=C\CCCCC(=O)OCC(COC(=O)CCCCCCC/C=C\CCC)OC(=O)CCCCCCCCCCCCCCCCCCCCCCCCCCCC. The standard InChI is InChI=1S/C75H128O6/c1-4-7-10-13-16-19-22-24-26-28-30-32-34-36-38-40-41-43-45-47-49-51-53-56-59-62-65-68-74(77)80-71-72(70-79-73(76)67-64-61-58-55-21-18-15-12-9-6-3)81-75(78)69-66-63-60-57-54-52-50-48-46-44-42-39-37-35-33-31-29-27-25-23-20-17-14-11-8-5-2/h7,10,12,15-16,19,24,26,30,32,36,38,41,43,47,49,53,56,72H,4-6,8-9,11,13-14,17-18,20-23,25,27-29,31,33-35,37,39-40,42,44-46,48,50-52,54-55,57-71H2,1-3H3/b10-7-,15-12-,19-16-,26-24-,32-30-,38-36-,43-41-,49-47-,56-53-. The van der Waals surface area contributed by atoms with Crippen molar-refractivity contribution in [2.24, 2.45) is 0 Å². The van der Waals surface area contributed by atoms with Crippen molar-refractivity contribution in [3.63, 3.8) is 0 Å². The molecule has 0 aliphatic carbocycles. The van der Waals surface area contributed by atoms with Crippen LogP contribution in [0.4, 0.5) is 0 Å². The van der Waals surface area contributed by atoms with Crippen LogP contribution in [0.2, 0.25) is 0 Å². The average molecular weight is 1130 g/mol. The van der Waals surface area contributed by atoms with Crippen molar-refractivity contribution < 1.29 is 28.6 Å². The van der Waals surface area contributed by atoms with Gasteiger partial charge in [0.2, 0.25) is 0 Å². The molecule has 464 valence electrons. The summed E-state index contributed by atoms with van der Waals surface area (Å²) in [5, 5.41) is 0. The van der Waals surface area contributed by atoms with Crippen molar-refractivity contribution in [3.8, 4) is 0 Å². The number of unbranched alkanes of at least 4 members (excludes halogenated alkanes) is 33. The second-order valence-corrected chi connectivity index (χ2v) is 22.7. The van der Waals surface area contributed by atoms with Crippen molar-refractivity contribution in [1.82, 2.24) is 0 Å². The van der Waals surface area contributed by atoms with Crippen LogP contribution in [-0.4, -0.2) is 37.2 Å². The van der Waals surface area contributed by atoms with Gasteiger partial charge < -0.3 is 14.2 Å². The summed E-state index contributed by atoms with van der Waals surface area (Å²) in [6.45, 7) is 6.45. The summed E-state index contributed by atoms with van der Waals surface area (Å²) in [6.07, 6.45) is 94.2. The van der Waals surface area contributed by atoms with E-state index in [4.69, 9.17) is 14.2 Å². The first-order valence-corrected chi connectivity index (χ1v) is 34.4. The van der Waals surface area contributed by atoms with Gasteiger partial charge in [0.15, 0.2) is 6.10 Å². The molecule has 0 radical (unpaired) electrons. The smallest absolute Gasteiger partial charge is 0.306 e. The molecule has 6 heteroatoms. The third-order valence-corrected chi connectivity index (χ3v) is 14.7. The van der Waals surface area contributed by atoms with Crippen LogP contribution in [0.1, 0.15) is 329 Å². The largest absolute Gasteiger partial charge is 0.462 e. The van der Waals surface area contributed by atoms with Crippen LogP contribution in [0.25, 0.3) is 0 Å². The van der Waals surface area contributed by atoms with Crippen LogP contribution >= 0.6 is 0 Å². The molecular weight excluding hydrogens is 997 g/mol. The Morgan fingerprint density at radius 2 is 0.506 bits per heavy atom. The molecule has 1 unspecified atom stereocenters. The molecule has 0 spiro atoms. The molecule has 0 fully saturated rings. The van der Waals surface area contributed by atoms with E-state index < -0.39 is 6.10 Å². The van der Waals surface area contributed by atoms with Gasteiger partial charge in [0.1, 0.15) is 13.2 Å². The summed E-state index contributed by atoms with van der Waals surface area (Å²) < 4.78 is 16.9. The van der Waals surface area contributed by atoms with Crippen molar-refractivity contribution in [2.45, 2.75) is 335 Å². The molecule has 1 atom stereocenters.